The summed E-state index contributed by atoms with van der Waals surface area (Å²) in [6, 6.07) is 10.2. The van der Waals surface area contributed by atoms with Crippen LogP contribution in [0.25, 0.3) is 0 Å². The Morgan fingerprint density at radius 2 is 2.12 bits per heavy atom. The van der Waals surface area contributed by atoms with Crippen LogP contribution in [-0.4, -0.2) is 36.7 Å². The largest absolute Gasteiger partial charge is 0.314 e. The summed E-state index contributed by atoms with van der Waals surface area (Å²) in [5.74, 6) is 0.334. The second-order valence-electron chi connectivity index (χ2n) is 7.15. The van der Waals surface area contributed by atoms with E-state index in [1.165, 1.54) is 22.5 Å². The molecular weight excluding hydrogens is 332 g/mol. The van der Waals surface area contributed by atoms with E-state index in [4.69, 9.17) is 0 Å². The number of Topliss-reactive ketones (excluding diaryl/α,β-unsaturated/α-hetero) is 1. The van der Waals surface area contributed by atoms with Crippen LogP contribution in [-0.2, 0) is 16.8 Å². The van der Waals surface area contributed by atoms with Gasteiger partial charge < -0.3 is 4.90 Å². The Hall–Kier alpha value is -1.98. The zero-order valence-electron chi connectivity index (χ0n) is 14.6. The molecule has 3 heterocycles. The van der Waals surface area contributed by atoms with E-state index in [0.717, 1.165) is 43.0 Å². The third-order valence-electron chi connectivity index (χ3n) is 5.47. The van der Waals surface area contributed by atoms with E-state index in [2.05, 4.69) is 16.3 Å². The van der Waals surface area contributed by atoms with Crippen LogP contribution in [0.4, 0.5) is 5.69 Å². The predicted molar refractivity (Wildman–Crippen MR) is 100 cm³/mol. The zero-order chi connectivity index (χ0) is 17.6. The molecule has 1 fully saturated rings. The molecule has 0 bridgehead atoms. The van der Waals surface area contributed by atoms with Gasteiger partial charge >= 0.3 is 0 Å². The van der Waals surface area contributed by atoms with E-state index < -0.39 is 5.41 Å². The molecule has 1 aromatic carbocycles. The molecule has 1 amide bonds. The Kier molecular flexibility index (Phi) is 4.01. The minimum atomic E-state index is -0.414. The standard InChI is InChI=1S/C20H22N2O2S/c1-14(23)18-10-15(12-25-18)11-22-9-5-8-20(13-22)16-6-3-4-7-17(16)21(2)19(20)24/h3-4,6-7,10,12H,5,8-9,11,13H2,1-2H3/t20-/m0/s1. The highest BCUT2D eigenvalue weighted by Crippen LogP contribution is 2.46. The van der Waals surface area contributed by atoms with E-state index in [-0.39, 0.29) is 11.7 Å². The molecule has 5 heteroatoms. The number of fused-ring (bicyclic) bond motifs is 2. The van der Waals surface area contributed by atoms with Gasteiger partial charge in [-0.05, 0) is 54.9 Å². The van der Waals surface area contributed by atoms with Crippen molar-refractivity contribution in [1.82, 2.24) is 4.90 Å². The number of benzene rings is 1. The third-order valence-corrected chi connectivity index (χ3v) is 6.55. The van der Waals surface area contributed by atoms with Gasteiger partial charge in [0.05, 0.1) is 10.3 Å². The molecule has 4 rings (SSSR count). The number of likely N-dealkylation sites (N-methyl/N-ethyl adjacent to an activating group) is 1. The average Bonchev–Trinajstić information content (AvgIpc) is 3.15. The Morgan fingerprint density at radius 3 is 2.88 bits per heavy atom. The van der Waals surface area contributed by atoms with Crippen molar-refractivity contribution in [1.29, 1.82) is 0 Å². The highest BCUT2D eigenvalue weighted by Gasteiger charge is 2.51. The minimum Gasteiger partial charge on any atom is -0.314 e. The van der Waals surface area contributed by atoms with Gasteiger partial charge in [0.15, 0.2) is 5.78 Å². The van der Waals surface area contributed by atoms with Gasteiger partial charge in [0.25, 0.3) is 0 Å². The molecule has 25 heavy (non-hydrogen) atoms. The maximum absolute atomic E-state index is 13.1. The van der Waals surface area contributed by atoms with Gasteiger partial charge in [-0.1, -0.05) is 18.2 Å². The number of hydrogen-bond donors (Lipinski definition) is 0. The van der Waals surface area contributed by atoms with Crippen LogP contribution in [0.1, 0.15) is 40.6 Å². The molecule has 1 atom stereocenters. The van der Waals surface area contributed by atoms with E-state index in [0.29, 0.717) is 0 Å². The topological polar surface area (TPSA) is 40.6 Å². The van der Waals surface area contributed by atoms with Crippen LogP contribution in [0, 0.1) is 0 Å². The Morgan fingerprint density at radius 1 is 1.32 bits per heavy atom. The lowest BCUT2D eigenvalue weighted by atomic mass is 9.75. The van der Waals surface area contributed by atoms with Crippen molar-refractivity contribution < 1.29 is 9.59 Å². The smallest absolute Gasteiger partial charge is 0.238 e. The highest BCUT2D eigenvalue weighted by molar-refractivity contribution is 7.12. The molecule has 0 saturated carbocycles. The number of ketones is 1. The lowest BCUT2D eigenvalue weighted by Gasteiger charge is -2.39. The number of rotatable bonds is 3. The van der Waals surface area contributed by atoms with Crippen LogP contribution < -0.4 is 4.90 Å². The van der Waals surface area contributed by atoms with Gasteiger partial charge in [-0.2, -0.15) is 0 Å². The quantitative estimate of drug-likeness (QED) is 0.793. The van der Waals surface area contributed by atoms with Crippen LogP contribution in [0.5, 0.6) is 0 Å². The summed E-state index contributed by atoms with van der Waals surface area (Å²) >= 11 is 1.51. The van der Waals surface area contributed by atoms with Crippen molar-refractivity contribution >= 4 is 28.7 Å². The van der Waals surface area contributed by atoms with Gasteiger partial charge in [-0.25, -0.2) is 0 Å². The van der Waals surface area contributed by atoms with Crippen LogP contribution in [0.15, 0.2) is 35.7 Å². The summed E-state index contributed by atoms with van der Waals surface area (Å²) in [4.78, 5) is 29.6. The lowest BCUT2D eigenvalue weighted by molar-refractivity contribution is -0.125. The number of piperidine rings is 1. The lowest BCUT2D eigenvalue weighted by Crippen LogP contribution is -2.51. The van der Waals surface area contributed by atoms with Gasteiger partial charge in [0.1, 0.15) is 0 Å². The summed E-state index contributed by atoms with van der Waals surface area (Å²) in [7, 11) is 1.88. The molecule has 130 valence electrons. The number of thiophene rings is 1. The fourth-order valence-corrected chi connectivity index (χ4v) is 5.10. The first kappa shape index (κ1) is 16.5. The minimum absolute atomic E-state index is 0.118. The molecule has 4 nitrogen and oxygen atoms in total. The fourth-order valence-electron chi connectivity index (χ4n) is 4.29. The molecule has 0 radical (unpaired) electrons. The number of amides is 1. The summed E-state index contributed by atoms with van der Waals surface area (Å²) in [6.07, 6.45) is 1.92. The van der Waals surface area contributed by atoms with Gasteiger partial charge in [-0.15, -0.1) is 11.3 Å². The van der Waals surface area contributed by atoms with Crippen LogP contribution >= 0.6 is 11.3 Å². The number of nitrogens with zero attached hydrogens (tertiary/aromatic N) is 2. The SMILES string of the molecule is CC(=O)c1cc(CN2CCC[C@@]3(C2)C(=O)N(C)c2ccccc23)cs1. The van der Waals surface area contributed by atoms with Gasteiger partial charge in [-0.3, -0.25) is 14.5 Å². The zero-order valence-corrected chi connectivity index (χ0v) is 15.4. The summed E-state index contributed by atoms with van der Waals surface area (Å²) < 4.78 is 0. The summed E-state index contributed by atoms with van der Waals surface area (Å²) in [5, 5.41) is 2.06. The van der Waals surface area contributed by atoms with E-state index in [1.54, 1.807) is 6.92 Å². The monoisotopic (exact) mass is 354 g/mol. The van der Waals surface area contributed by atoms with Crippen LogP contribution in [0.3, 0.4) is 0 Å². The van der Waals surface area contributed by atoms with E-state index in [9.17, 15) is 9.59 Å². The van der Waals surface area contributed by atoms with Crippen molar-refractivity contribution in [3.05, 3.63) is 51.7 Å². The first-order valence-electron chi connectivity index (χ1n) is 8.70. The molecule has 0 aliphatic carbocycles. The Balaban J connectivity index is 1.60. The first-order chi connectivity index (χ1) is 12.0. The molecule has 2 aromatic rings. The van der Waals surface area contributed by atoms with Crippen LogP contribution in [0.2, 0.25) is 0 Å². The molecule has 1 aromatic heterocycles. The van der Waals surface area contributed by atoms with Crippen molar-refractivity contribution in [2.75, 3.05) is 25.0 Å². The van der Waals surface area contributed by atoms with Crippen molar-refractivity contribution in [3.8, 4) is 0 Å². The Bertz CT molecular complexity index is 844. The number of carbonyl (C=O) groups excluding carboxylic acids is 2. The van der Waals surface area contributed by atoms with Gasteiger partial charge in [0.2, 0.25) is 5.91 Å². The van der Waals surface area contributed by atoms with Crippen molar-refractivity contribution in [2.24, 2.45) is 0 Å². The van der Waals surface area contributed by atoms with E-state index >= 15 is 0 Å². The number of para-hydroxylation sites is 1. The number of hydrogen-bond acceptors (Lipinski definition) is 4. The molecule has 2 aliphatic rings. The van der Waals surface area contributed by atoms with Crippen molar-refractivity contribution in [3.63, 3.8) is 0 Å². The maximum Gasteiger partial charge on any atom is 0.238 e. The first-order valence-corrected chi connectivity index (χ1v) is 9.57. The summed E-state index contributed by atoms with van der Waals surface area (Å²) in [6.45, 7) is 4.14. The molecule has 1 spiro atoms. The molecule has 0 N–H and O–H groups in total. The second-order valence-corrected chi connectivity index (χ2v) is 8.06. The molecule has 0 unspecified atom stereocenters. The number of anilines is 1. The molecule has 1 saturated heterocycles. The van der Waals surface area contributed by atoms with Crippen molar-refractivity contribution in [2.45, 2.75) is 31.7 Å². The normalized spacial score (nSPS) is 23.3. The maximum atomic E-state index is 13.1. The Labute approximate surface area is 152 Å². The predicted octanol–water partition coefficient (Wildman–Crippen LogP) is 3.46. The average molecular weight is 354 g/mol. The van der Waals surface area contributed by atoms with E-state index in [1.807, 2.05) is 36.2 Å². The molecular formula is C20H22N2O2S. The number of likely N-dealkylation sites (tertiary alicyclic amines) is 1. The number of carbonyl (C=O) groups is 2. The third kappa shape index (κ3) is 2.62. The van der Waals surface area contributed by atoms with Gasteiger partial charge in [0, 0.05) is 25.8 Å². The fraction of sp³-hybridized carbons (Fsp3) is 0.400. The summed E-state index contributed by atoms with van der Waals surface area (Å²) in [5.41, 5.74) is 2.97. The highest BCUT2D eigenvalue weighted by atomic mass is 32.1. The molecule has 2 aliphatic heterocycles. The second kappa shape index (κ2) is 6.07.